The Kier molecular flexibility index (Phi) is 8.12. The molecule has 0 aromatic heterocycles. The molecular weight excluding hydrogens is 380 g/mol. The highest BCUT2D eigenvalue weighted by Crippen LogP contribution is 2.23. The van der Waals surface area contributed by atoms with Gasteiger partial charge in [0, 0.05) is 12.2 Å². The minimum Gasteiger partial charge on any atom is -0.338 e. The fourth-order valence-electron chi connectivity index (χ4n) is 3.50. The molecule has 0 saturated carbocycles. The van der Waals surface area contributed by atoms with Crippen LogP contribution in [0.25, 0.3) is 0 Å². The van der Waals surface area contributed by atoms with Crippen molar-refractivity contribution < 1.29 is 14.4 Å². The first-order valence-corrected chi connectivity index (χ1v) is 9.94. The summed E-state index contributed by atoms with van der Waals surface area (Å²) in [7, 11) is 1.68. The van der Waals surface area contributed by atoms with Crippen LogP contribution in [0.2, 0.25) is 0 Å². The number of benzene rings is 2. The van der Waals surface area contributed by atoms with E-state index in [0.29, 0.717) is 12.1 Å². The standard InChI is InChI=1S/C23H30N4O3/c1-6-24-23(30)26-22(29)21(18-10-8-7-9-11-18)27(5)14-19(28)25-20-16(3)12-15(2)13-17(20)4/h7-13,21H,6,14H2,1-5H3,(H,25,28)(H2,24,26,29,30). The topological polar surface area (TPSA) is 90.5 Å². The van der Waals surface area contributed by atoms with E-state index in [4.69, 9.17) is 0 Å². The Bertz CT molecular complexity index is 889. The van der Waals surface area contributed by atoms with Gasteiger partial charge >= 0.3 is 6.03 Å². The second-order valence-corrected chi connectivity index (χ2v) is 7.40. The normalized spacial score (nSPS) is 11.7. The summed E-state index contributed by atoms with van der Waals surface area (Å²) < 4.78 is 0. The molecule has 0 aliphatic rings. The zero-order valence-corrected chi connectivity index (χ0v) is 18.2. The average Bonchev–Trinajstić information content (AvgIpc) is 2.65. The molecule has 7 heteroatoms. The number of imide groups is 1. The zero-order valence-electron chi connectivity index (χ0n) is 18.2. The Balaban J connectivity index is 2.17. The molecule has 0 heterocycles. The quantitative estimate of drug-likeness (QED) is 0.654. The summed E-state index contributed by atoms with van der Waals surface area (Å²) in [6.45, 7) is 8.07. The maximum atomic E-state index is 12.8. The fraction of sp³-hybridized carbons (Fsp3) is 0.348. The van der Waals surface area contributed by atoms with Crippen LogP contribution in [-0.4, -0.2) is 42.9 Å². The van der Waals surface area contributed by atoms with Crippen molar-refractivity contribution in [1.82, 2.24) is 15.5 Å². The van der Waals surface area contributed by atoms with Crippen LogP contribution in [0.5, 0.6) is 0 Å². The van der Waals surface area contributed by atoms with E-state index in [1.165, 1.54) is 0 Å². The molecular formula is C23H30N4O3. The third-order valence-electron chi connectivity index (χ3n) is 4.71. The molecule has 1 unspecified atom stereocenters. The smallest absolute Gasteiger partial charge is 0.321 e. The number of anilines is 1. The van der Waals surface area contributed by atoms with Crippen molar-refractivity contribution in [3.8, 4) is 0 Å². The van der Waals surface area contributed by atoms with Crippen LogP contribution < -0.4 is 16.0 Å². The van der Waals surface area contributed by atoms with E-state index in [1.807, 2.05) is 51.1 Å². The Hall–Kier alpha value is -3.19. The maximum absolute atomic E-state index is 12.8. The number of urea groups is 1. The molecule has 160 valence electrons. The summed E-state index contributed by atoms with van der Waals surface area (Å²) >= 11 is 0. The summed E-state index contributed by atoms with van der Waals surface area (Å²) in [6.07, 6.45) is 0. The van der Waals surface area contributed by atoms with Crippen molar-refractivity contribution in [2.24, 2.45) is 0 Å². The lowest BCUT2D eigenvalue weighted by Gasteiger charge is -2.27. The van der Waals surface area contributed by atoms with Gasteiger partial charge in [-0.05, 0) is 51.4 Å². The van der Waals surface area contributed by atoms with Gasteiger partial charge in [0.05, 0.1) is 6.54 Å². The van der Waals surface area contributed by atoms with E-state index in [0.717, 1.165) is 22.4 Å². The molecule has 0 radical (unpaired) electrons. The van der Waals surface area contributed by atoms with Crippen molar-refractivity contribution in [3.05, 3.63) is 64.7 Å². The highest BCUT2D eigenvalue weighted by Gasteiger charge is 2.28. The highest BCUT2D eigenvalue weighted by molar-refractivity contribution is 5.98. The number of amides is 4. The number of carbonyl (C=O) groups is 3. The summed E-state index contributed by atoms with van der Waals surface area (Å²) in [5.41, 5.74) is 4.57. The van der Waals surface area contributed by atoms with Gasteiger partial charge in [-0.3, -0.25) is 19.8 Å². The second kappa shape index (κ2) is 10.5. The Labute approximate surface area is 177 Å². The average molecular weight is 411 g/mol. The van der Waals surface area contributed by atoms with Crippen LogP contribution in [-0.2, 0) is 9.59 Å². The van der Waals surface area contributed by atoms with Crippen molar-refractivity contribution in [1.29, 1.82) is 0 Å². The van der Waals surface area contributed by atoms with Crippen molar-refractivity contribution in [2.75, 3.05) is 25.5 Å². The fourth-order valence-corrected chi connectivity index (χ4v) is 3.50. The third kappa shape index (κ3) is 6.15. The first-order chi connectivity index (χ1) is 14.2. The Morgan fingerprint density at radius 3 is 2.17 bits per heavy atom. The van der Waals surface area contributed by atoms with E-state index >= 15 is 0 Å². The van der Waals surface area contributed by atoms with Crippen LogP contribution in [0, 0.1) is 20.8 Å². The van der Waals surface area contributed by atoms with E-state index in [2.05, 4.69) is 16.0 Å². The van der Waals surface area contributed by atoms with E-state index in [1.54, 1.807) is 31.0 Å². The molecule has 4 amide bonds. The van der Waals surface area contributed by atoms with Crippen molar-refractivity contribution in [3.63, 3.8) is 0 Å². The van der Waals surface area contributed by atoms with Crippen LogP contribution in [0.4, 0.5) is 10.5 Å². The molecule has 0 saturated heterocycles. The zero-order chi connectivity index (χ0) is 22.3. The molecule has 2 rings (SSSR count). The molecule has 2 aromatic carbocycles. The van der Waals surface area contributed by atoms with Crippen LogP contribution >= 0.6 is 0 Å². The number of hydrogen-bond acceptors (Lipinski definition) is 4. The molecule has 7 nitrogen and oxygen atoms in total. The number of rotatable bonds is 7. The lowest BCUT2D eigenvalue weighted by Crippen LogP contribution is -2.46. The number of nitrogens with one attached hydrogen (secondary N) is 3. The summed E-state index contributed by atoms with van der Waals surface area (Å²) in [5.74, 6) is -0.732. The first-order valence-electron chi connectivity index (χ1n) is 9.94. The maximum Gasteiger partial charge on any atom is 0.321 e. The lowest BCUT2D eigenvalue weighted by atomic mass is 10.0. The van der Waals surface area contributed by atoms with E-state index in [9.17, 15) is 14.4 Å². The summed E-state index contributed by atoms with van der Waals surface area (Å²) in [4.78, 5) is 39.0. The molecule has 1 atom stereocenters. The number of likely N-dealkylation sites (N-methyl/N-ethyl adjacent to an activating group) is 1. The van der Waals surface area contributed by atoms with Gasteiger partial charge in [-0.15, -0.1) is 0 Å². The van der Waals surface area contributed by atoms with Gasteiger partial charge in [-0.25, -0.2) is 4.79 Å². The van der Waals surface area contributed by atoms with Gasteiger partial charge < -0.3 is 10.6 Å². The third-order valence-corrected chi connectivity index (χ3v) is 4.71. The Morgan fingerprint density at radius 1 is 1.00 bits per heavy atom. The molecule has 3 N–H and O–H groups in total. The highest BCUT2D eigenvalue weighted by atomic mass is 16.2. The van der Waals surface area contributed by atoms with Crippen LogP contribution in [0.3, 0.4) is 0 Å². The van der Waals surface area contributed by atoms with E-state index in [-0.39, 0.29) is 12.5 Å². The number of aryl methyl sites for hydroxylation is 3. The molecule has 2 aromatic rings. The predicted molar refractivity (Wildman–Crippen MR) is 118 cm³/mol. The molecule has 0 spiro atoms. The molecule has 0 bridgehead atoms. The predicted octanol–water partition coefficient (Wildman–Crippen LogP) is 3.07. The van der Waals surface area contributed by atoms with Gasteiger partial charge in [0.25, 0.3) is 0 Å². The largest absolute Gasteiger partial charge is 0.338 e. The SMILES string of the molecule is CCNC(=O)NC(=O)C(c1ccccc1)N(C)CC(=O)Nc1c(C)cc(C)cc1C. The van der Waals surface area contributed by atoms with Crippen molar-refractivity contribution >= 4 is 23.5 Å². The summed E-state index contributed by atoms with van der Waals surface area (Å²) in [6, 6.07) is 11.7. The van der Waals surface area contributed by atoms with Crippen molar-refractivity contribution in [2.45, 2.75) is 33.7 Å². The van der Waals surface area contributed by atoms with Gasteiger partial charge in [0.1, 0.15) is 6.04 Å². The molecule has 30 heavy (non-hydrogen) atoms. The van der Waals surface area contributed by atoms with E-state index < -0.39 is 18.0 Å². The monoisotopic (exact) mass is 410 g/mol. The van der Waals surface area contributed by atoms with Gasteiger partial charge in [-0.2, -0.15) is 0 Å². The Morgan fingerprint density at radius 2 is 1.60 bits per heavy atom. The molecule has 0 aliphatic carbocycles. The molecule has 0 aliphatic heterocycles. The number of nitrogens with zero attached hydrogens (tertiary/aromatic N) is 1. The number of carbonyl (C=O) groups excluding carboxylic acids is 3. The summed E-state index contributed by atoms with van der Waals surface area (Å²) in [5, 5.41) is 7.84. The molecule has 0 fully saturated rings. The second-order valence-electron chi connectivity index (χ2n) is 7.40. The van der Waals surface area contributed by atoms with Gasteiger partial charge in [-0.1, -0.05) is 48.0 Å². The van der Waals surface area contributed by atoms with Gasteiger partial charge in [0.15, 0.2) is 0 Å². The van der Waals surface area contributed by atoms with Gasteiger partial charge in [0.2, 0.25) is 11.8 Å². The minimum atomic E-state index is -0.792. The van der Waals surface area contributed by atoms with Crippen LogP contribution in [0.1, 0.15) is 35.2 Å². The lowest BCUT2D eigenvalue weighted by molar-refractivity contribution is -0.126. The number of hydrogen-bond donors (Lipinski definition) is 3. The first kappa shape index (κ1) is 23.1. The minimum absolute atomic E-state index is 0.0187. The van der Waals surface area contributed by atoms with Crippen LogP contribution in [0.15, 0.2) is 42.5 Å².